The van der Waals surface area contributed by atoms with Gasteiger partial charge >= 0.3 is 0 Å². The summed E-state index contributed by atoms with van der Waals surface area (Å²) in [6, 6.07) is 2.05. The molecule has 4 nitrogen and oxygen atoms in total. The van der Waals surface area contributed by atoms with Crippen molar-refractivity contribution in [2.75, 3.05) is 24.7 Å². The Morgan fingerprint density at radius 1 is 1.59 bits per heavy atom. The number of aliphatic hydroxyl groups excluding tert-OH is 1. The Labute approximate surface area is 107 Å². The summed E-state index contributed by atoms with van der Waals surface area (Å²) >= 11 is 1.73. The van der Waals surface area contributed by atoms with Crippen molar-refractivity contribution >= 4 is 28.0 Å². The van der Waals surface area contributed by atoms with Crippen molar-refractivity contribution < 1.29 is 14.1 Å². The molecule has 0 fully saturated rings. The predicted octanol–water partition coefficient (Wildman–Crippen LogP) is 0.374. The third-order valence-electron chi connectivity index (χ3n) is 2.76. The molecule has 6 heteroatoms. The number of thiophene rings is 1. The third kappa shape index (κ3) is 3.14. The lowest BCUT2D eigenvalue weighted by Gasteiger charge is -2.26. The van der Waals surface area contributed by atoms with Crippen LogP contribution in [0.3, 0.4) is 0 Å². The number of carbonyl (C=O) groups excluding carboxylic acids is 1. The number of hydrogen-bond acceptors (Lipinski definition) is 4. The second-order valence-electron chi connectivity index (χ2n) is 3.95. The van der Waals surface area contributed by atoms with E-state index in [2.05, 4.69) is 0 Å². The fourth-order valence-electron chi connectivity index (χ4n) is 1.86. The molecule has 94 valence electrons. The molecule has 0 saturated carbocycles. The molecule has 2 heterocycles. The van der Waals surface area contributed by atoms with E-state index in [1.54, 1.807) is 16.2 Å². The van der Waals surface area contributed by atoms with Crippen LogP contribution >= 0.6 is 11.3 Å². The molecule has 1 aromatic heterocycles. The van der Waals surface area contributed by atoms with E-state index in [0.29, 0.717) is 13.1 Å². The largest absolute Gasteiger partial charge is 0.395 e. The van der Waals surface area contributed by atoms with Crippen molar-refractivity contribution in [3.8, 4) is 0 Å². The van der Waals surface area contributed by atoms with Crippen molar-refractivity contribution in [3.05, 3.63) is 21.9 Å². The van der Waals surface area contributed by atoms with E-state index in [1.807, 2.05) is 11.4 Å². The number of aliphatic hydroxyl groups is 1. The molecule has 2 rings (SSSR count). The van der Waals surface area contributed by atoms with E-state index in [9.17, 15) is 9.00 Å². The van der Waals surface area contributed by atoms with E-state index >= 15 is 0 Å². The van der Waals surface area contributed by atoms with Crippen LogP contribution in [0.25, 0.3) is 0 Å². The van der Waals surface area contributed by atoms with Crippen molar-refractivity contribution in [1.82, 2.24) is 4.90 Å². The maximum atomic E-state index is 11.9. The molecular weight excluding hydrogens is 258 g/mol. The first-order valence-electron chi connectivity index (χ1n) is 5.49. The quantitative estimate of drug-likeness (QED) is 0.862. The summed E-state index contributed by atoms with van der Waals surface area (Å²) in [7, 11) is -1.24. The van der Waals surface area contributed by atoms with Gasteiger partial charge in [0, 0.05) is 34.5 Å². The summed E-state index contributed by atoms with van der Waals surface area (Å²) in [6.07, 6.45) is 0.894. The van der Waals surface area contributed by atoms with E-state index in [4.69, 9.17) is 5.11 Å². The van der Waals surface area contributed by atoms with Gasteiger partial charge in [-0.3, -0.25) is 9.00 Å². The Morgan fingerprint density at radius 3 is 3.18 bits per heavy atom. The summed E-state index contributed by atoms with van der Waals surface area (Å²) in [5.74, 6) is 0.136. The number of carbonyl (C=O) groups is 1. The Bertz CT molecular complexity index is 430. The van der Waals surface area contributed by atoms with Crippen LogP contribution in [0.4, 0.5) is 0 Å². The van der Waals surface area contributed by atoms with Gasteiger partial charge in [-0.2, -0.15) is 0 Å². The molecule has 1 unspecified atom stereocenters. The third-order valence-corrected chi connectivity index (χ3v) is 4.99. The molecule has 0 spiro atoms. The van der Waals surface area contributed by atoms with E-state index in [0.717, 1.165) is 6.42 Å². The highest BCUT2D eigenvalue weighted by Crippen LogP contribution is 2.23. The van der Waals surface area contributed by atoms with Crippen LogP contribution in [-0.2, 0) is 28.6 Å². The van der Waals surface area contributed by atoms with Crippen LogP contribution in [-0.4, -0.2) is 44.8 Å². The topological polar surface area (TPSA) is 57.6 Å². The highest BCUT2D eigenvalue weighted by Gasteiger charge is 2.22. The number of amides is 1. The van der Waals surface area contributed by atoms with Crippen LogP contribution in [0.15, 0.2) is 11.4 Å². The molecule has 0 radical (unpaired) electrons. The minimum atomic E-state index is -1.24. The van der Waals surface area contributed by atoms with Gasteiger partial charge in [0.15, 0.2) is 0 Å². The standard InChI is InChI=1S/C11H15NO3S2/c13-4-6-17(15)8-11(14)12-3-1-10-9(7-12)2-5-16-10/h2,5,13H,1,3-4,6-8H2. The Morgan fingerprint density at radius 2 is 2.41 bits per heavy atom. The zero-order chi connectivity index (χ0) is 12.3. The first kappa shape index (κ1) is 12.7. The van der Waals surface area contributed by atoms with Gasteiger partial charge in [0.1, 0.15) is 5.75 Å². The van der Waals surface area contributed by atoms with Gasteiger partial charge in [0.05, 0.1) is 6.61 Å². The fraction of sp³-hybridized carbons (Fsp3) is 0.545. The average molecular weight is 273 g/mol. The van der Waals surface area contributed by atoms with Crippen molar-refractivity contribution in [2.45, 2.75) is 13.0 Å². The highest BCUT2D eigenvalue weighted by atomic mass is 32.2. The first-order valence-corrected chi connectivity index (χ1v) is 7.86. The summed E-state index contributed by atoms with van der Waals surface area (Å²) < 4.78 is 11.4. The van der Waals surface area contributed by atoms with Crippen LogP contribution in [0, 0.1) is 0 Å². The lowest BCUT2D eigenvalue weighted by atomic mass is 10.1. The van der Waals surface area contributed by atoms with E-state index in [-0.39, 0.29) is 24.0 Å². The molecule has 1 aromatic rings. The Kier molecular flexibility index (Phi) is 4.31. The van der Waals surface area contributed by atoms with Gasteiger partial charge in [0.2, 0.25) is 5.91 Å². The molecule has 0 bridgehead atoms. The normalized spacial score (nSPS) is 16.6. The van der Waals surface area contributed by atoms with Gasteiger partial charge in [-0.15, -0.1) is 11.3 Å². The van der Waals surface area contributed by atoms with Crippen molar-refractivity contribution in [1.29, 1.82) is 0 Å². The molecular formula is C11H15NO3S2. The minimum Gasteiger partial charge on any atom is -0.395 e. The second-order valence-corrected chi connectivity index (χ2v) is 6.52. The van der Waals surface area contributed by atoms with Gasteiger partial charge in [-0.25, -0.2) is 0 Å². The molecule has 1 N–H and O–H groups in total. The maximum Gasteiger partial charge on any atom is 0.235 e. The van der Waals surface area contributed by atoms with Crippen molar-refractivity contribution in [2.24, 2.45) is 0 Å². The molecule has 1 aliphatic rings. The lowest BCUT2D eigenvalue weighted by molar-refractivity contribution is -0.129. The number of hydrogen-bond donors (Lipinski definition) is 1. The molecule has 1 amide bonds. The maximum absolute atomic E-state index is 11.9. The molecule has 1 atom stereocenters. The van der Waals surface area contributed by atoms with Crippen molar-refractivity contribution in [3.63, 3.8) is 0 Å². The number of rotatable bonds is 4. The van der Waals surface area contributed by atoms with Crippen LogP contribution in [0.5, 0.6) is 0 Å². The molecule has 17 heavy (non-hydrogen) atoms. The smallest absolute Gasteiger partial charge is 0.235 e. The highest BCUT2D eigenvalue weighted by molar-refractivity contribution is 7.85. The van der Waals surface area contributed by atoms with Crippen LogP contribution in [0.1, 0.15) is 10.4 Å². The summed E-state index contributed by atoms with van der Waals surface area (Å²) in [6.45, 7) is 1.21. The van der Waals surface area contributed by atoms with E-state index in [1.165, 1.54) is 10.4 Å². The molecule has 0 aromatic carbocycles. The molecule has 1 aliphatic heterocycles. The van der Waals surface area contributed by atoms with Gasteiger partial charge in [-0.1, -0.05) is 0 Å². The number of fused-ring (bicyclic) bond motifs is 1. The first-order chi connectivity index (χ1) is 8.20. The fourth-order valence-corrected chi connectivity index (χ4v) is 3.56. The lowest BCUT2D eigenvalue weighted by Crippen LogP contribution is -2.38. The van der Waals surface area contributed by atoms with Crippen LogP contribution < -0.4 is 0 Å². The molecule has 0 saturated heterocycles. The van der Waals surface area contributed by atoms with E-state index < -0.39 is 10.8 Å². The monoisotopic (exact) mass is 273 g/mol. The molecule has 0 aliphatic carbocycles. The summed E-state index contributed by atoms with van der Waals surface area (Å²) in [5, 5.41) is 10.7. The average Bonchev–Trinajstić information content (AvgIpc) is 2.75. The summed E-state index contributed by atoms with van der Waals surface area (Å²) in [5.41, 5.74) is 1.21. The van der Waals surface area contributed by atoms with Gasteiger partial charge < -0.3 is 10.0 Å². The minimum absolute atomic E-state index is 0.0278. The van der Waals surface area contributed by atoms with Gasteiger partial charge in [-0.05, 0) is 23.4 Å². The number of nitrogens with zero attached hydrogens (tertiary/aromatic N) is 1. The van der Waals surface area contributed by atoms with Gasteiger partial charge in [0.25, 0.3) is 0 Å². The Hall–Kier alpha value is -0.720. The zero-order valence-electron chi connectivity index (χ0n) is 9.42. The predicted molar refractivity (Wildman–Crippen MR) is 68.4 cm³/mol. The Balaban J connectivity index is 1.92. The van der Waals surface area contributed by atoms with Crippen LogP contribution in [0.2, 0.25) is 0 Å². The second kappa shape index (κ2) is 5.75. The SMILES string of the molecule is O=C(CS(=O)CCO)N1CCc2sccc2C1. The zero-order valence-corrected chi connectivity index (χ0v) is 11.1. The summed E-state index contributed by atoms with van der Waals surface area (Å²) in [4.78, 5) is 15.0.